The fourth-order valence-electron chi connectivity index (χ4n) is 1.57. The molecule has 0 bridgehead atoms. The van der Waals surface area contributed by atoms with E-state index in [0.29, 0.717) is 17.3 Å². The normalized spacial score (nSPS) is 13.8. The lowest BCUT2D eigenvalue weighted by Gasteiger charge is -2.25. The van der Waals surface area contributed by atoms with Crippen LogP contribution in [0, 0.1) is 0 Å². The first-order chi connectivity index (χ1) is 9.31. The van der Waals surface area contributed by atoms with Gasteiger partial charge in [-0.2, -0.15) is 0 Å². The van der Waals surface area contributed by atoms with E-state index in [4.69, 9.17) is 16.3 Å². The highest BCUT2D eigenvalue weighted by atomic mass is 35.5. The molecule has 0 spiro atoms. The van der Waals surface area contributed by atoms with Gasteiger partial charge in [0.15, 0.2) is 5.96 Å². The largest absolute Gasteiger partial charge is 0.487 e. The van der Waals surface area contributed by atoms with Gasteiger partial charge >= 0.3 is 0 Å². The molecule has 0 aliphatic rings. The summed E-state index contributed by atoms with van der Waals surface area (Å²) in [6.07, 6.45) is -0.0200. The van der Waals surface area contributed by atoms with Gasteiger partial charge in [-0.25, -0.2) is 0 Å². The molecular weight excluding hydrogens is 274 g/mol. The maximum atomic E-state index is 6.06. The van der Waals surface area contributed by atoms with Crippen molar-refractivity contribution in [3.05, 3.63) is 29.3 Å². The van der Waals surface area contributed by atoms with Crippen LogP contribution in [0.1, 0.15) is 27.7 Å². The Balaban J connectivity index is 2.47. The summed E-state index contributed by atoms with van der Waals surface area (Å²) in [4.78, 5) is 4.18. The van der Waals surface area contributed by atoms with Crippen LogP contribution in [-0.2, 0) is 0 Å². The van der Waals surface area contributed by atoms with Crippen LogP contribution in [0.25, 0.3) is 0 Å². The van der Waals surface area contributed by atoms with Gasteiger partial charge in [0, 0.05) is 12.6 Å². The van der Waals surface area contributed by atoms with E-state index in [1.165, 1.54) is 0 Å². The Morgan fingerprint density at radius 1 is 1.35 bits per heavy atom. The molecule has 1 aromatic rings. The van der Waals surface area contributed by atoms with E-state index < -0.39 is 0 Å². The Labute approximate surface area is 126 Å². The van der Waals surface area contributed by atoms with Gasteiger partial charge in [0.05, 0.1) is 11.6 Å². The molecule has 0 aromatic heterocycles. The Morgan fingerprint density at radius 2 is 2.00 bits per heavy atom. The number of guanidine groups is 1. The van der Waals surface area contributed by atoms with Gasteiger partial charge in [-0.3, -0.25) is 4.99 Å². The Kier molecular flexibility index (Phi) is 6.14. The van der Waals surface area contributed by atoms with Gasteiger partial charge in [-0.05, 0) is 39.8 Å². The van der Waals surface area contributed by atoms with E-state index in [2.05, 4.69) is 36.4 Å². The van der Waals surface area contributed by atoms with Crippen LogP contribution in [-0.4, -0.2) is 31.2 Å². The number of benzene rings is 1. The van der Waals surface area contributed by atoms with Crippen molar-refractivity contribution in [3.63, 3.8) is 0 Å². The first kappa shape index (κ1) is 16.6. The monoisotopic (exact) mass is 297 g/mol. The van der Waals surface area contributed by atoms with Crippen LogP contribution >= 0.6 is 11.6 Å². The fourth-order valence-corrected chi connectivity index (χ4v) is 1.75. The molecule has 4 nitrogen and oxygen atoms in total. The number of ether oxygens (including phenoxy) is 1. The van der Waals surface area contributed by atoms with Gasteiger partial charge in [0.2, 0.25) is 0 Å². The van der Waals surface area contributed by atoms with Gasteiger partial charge in [0.1, 0.15) is 11.9 Å². The van der Waals surface area contributed by atoms with Crippen molar-refractivity contribution in [3.8, 4) is 5.75 Å². The predicted molar refractivity (Wildman–Crippen MR) is 85.8 cm³/mol. The molecular formula is C15H24ClN3O. The second kappa shape index (κ2) is 7.39. The highest BCUT2D eigenvalue weighted by Gasteiger charge is 2.13. The minimum Gasteiger partial charge on any atom is -0.487 e. The molecule has 1 atom stereocenters. The molecule has 0 amide bonds. The van der Waals surface area contributed by atoms with Crippen molar-refractivity contribution in [1.29, 1.82) is 0 Å². The molecule has 112 valence electrons. The van der Waals surface area contributed by atoms with Crippen molar-refractivity contribution < 1.29 is 4.74 Å². The summed E-state index contributed by atoms with van der Waals surface area (Å²) in [6, 6.07) is 7.47. The maximum absolute atomic E-state index is 6.06. The lowest BCUT2D eigenvalue weighted by atomic mass is 10.1. The number of nitrogens with zero attached hydrogens (tertiary/aromatic N) is 1. The number of aliphatic imine (C=N–C) groups is 1. The van der Waals surface area contributed by atoms with Crippen LogP contribution < -0.4 is 15.4 Å². The summed E-state index contributed by atoms with van der Waals surface area (Å²) in [5, 5.41) is 7.15. The van der Waals surface area contributed by atoms with Gasteiger partial charge in [-0.1, -0.05) is 23.7 Å². The average Bonchev–Trinajstić information content (AvgIpc) is 2.36. The molecule has 2 N–H and O–H groups in total. The van der Waals surface area contributed by atoms with E-state index in [1.54, 1.807) is 7.05 Å². The number of halogens is 1. The topological polar surface area (TPSA) is 45.7 Å². The molecule has 0 radical (unpaired) electrons. The third-order valence-corrected chi connectivity index (χ3v) is 2.75. The molecule has 1 rings (SSSR count). The van der Waals surface area contributed by atoms with Crippen LogP contribution in [0.15, 0.2) is 29.3 Å². The third-order valence-electron chi connectivity index (χ3n) is 2.44. The molecule has 1 aromatic carbocycles. The SMILES string of the molecule is CN=C(NCC(C)Oc1ccccc1Cl)NC(C)(C)C. The zero-order valence-electron chi connectivity index (χ0n) is 12.8. The summed E-state index contributed by atoms with van der Waals surface area (Å²) >= 11 is 6.06. The molecule has 1 unspecified atom stereocenters. The number of nitrogens with one attached hydrogen (secondary N) is 2. The van der Waals surface area contributed by atoms with Crippen LogP contribution in [0.4, 0.5) is 0 Å². The standard InChI is InChI=1S/C15H24ClN3O/c1-11(20-13-9-7-6-8-12(13)16)10-18-14(17-5)19-15(2,3)4/h6-9,11H,10H2,1-5H3,(H2,17,18,19). The lowest BCUT2D eigenvalue weighted by Crippen LogP contribution is -2.49. The van der Waals surface area contributed by atoms with Crippen LogP contribution in [0.5, 0.6) is 5.75 Å². The minimum absolute atomic E-state index is 0.0200. The van der Waals surface area contributed by atoms with Crippen LogP contribution in [0.2, 0.25) is 5.02 Å². The summed E-state index contributed by atoms with van der Waals surface area (Å²) < 4.78 is 5.79. The van der Waals surface area contributed by atoms with Crippen molar-refractivity contribution in [2.45, 2.75) is 39.3 Å². The highest BCUT2D eigenvalue weighted by molar-refractivity contribution is 6.32. The number of rotatable bonds is 4. The molecule has 0 aliphatic heterocycles. The first-order valence-corrected chi connectivity index (χ1v) is 7.09. The van der Waals surface area contributed by atoms with Crippen molar-refractivity contribution in [2.24, 2.45) is 4.99 Å². The molecule has 20 heavy (non-hydrogen) atoms. The quantitative estimate of drug-likeness (QED) is 0.663. The van der Waals surface area contributed by atoms with Crippen molar-refractivity contribution in [2.75, 3.05) is 13.6 Å². The van der Waals surface area contributed by atoms with E-state index in [-0.39, 0.29) is 11.6 Å². The molecule has 0 saturated carbocycles. The predicted octanol–water partition coefficient (Wildman–Crippen LogP) is 3.07. The Morgan fingerprint density at radius 3 is 2.55 bits per heavy atom. The van der Waals surface area contributed by atoms with Gasteiger partial charge < -0.3 is 15.4 Å². The highest BCUT2D eigenvalue weighted by Crippen LogP contribution is 2.23. The molecule has 0 saturated heterocycles. The zero-order chi connectivity index (χ0) is 15.2. The maximum Gasteiger partial charge on any atom is 0.191 e. The molecule has 0 heterocycles. The van der Waals surface area contributed by atoms with E-state index in [1.807, 2.05) is 31.2 Å². The second-order valence-corrected chi connectivity index (χ2v) is 6.09. The van der Waals surface area contributed by atoms with E-state index in [0.717, 1.165) is 5.96 Å². The summed E-state index contributed by atoms with van der Waals surface area (Å²) in [7, 11) is 1.75. The van der Waals surface area contributed by atoms with Crippen molar-refractivity contribution in [1.82, 2.24) is 10.6 Å². The smallest absolute Gasteiger partial charge is 0.191 e. The molecule has 5 heteroatoms. The fraction of sp³-hybridized carbons (Fsp3) is 0.533. The van der Waals surface area contributed by atoms with Gasteiger partial charge in [0.25, 0.3) is 0 Å². The summed E-state index contributed by atoms with van der Waals surface area (Å²) in [5.74, 6) is 1.45. The number of hydrogen-bond donors (Lipinski definition) is 2. The minimum atomic E-state index is -0.0331. The average molecular weight is 298 g/mol. The molecule has 0 fully saturated rings. The molecule has 0 aliphatic carbocycles. The Bertz CT molecular complexity index is 455. The first-order valence-electron chi connectivity index (χ1n) is 6.72. The number of hydrogen-bond acceptors (Lipinski definition) is 2. The third kappa shape index (κ3) is 6.15. The summed E-state index contributed by atoms with van der Waals surface area (Å²) in [6.45, 7) is 8.89. The zero-order valence-corrected chi connectivity index (χ0v) is 13.6. The number of para-hydroxylation sites is 1. The second-order valence-electron chi connectivity index (χ2n) is 5.69. The summed E-state index contributed by atoms with van der Waals surface area (Å²) in [5.41, 5.74) is -0.0331. The van der Waals surface area contributed by atoms with E-state index in [9.17, 15) is 0 Å². The van der Waals surface area contributed by atoms with Gasteiger partial charge in [-0.15, -0.1) is 0 Å². The van der Waals surface area contributed by atoms with Crippen molar-refractivity contribution >= 4 is 17.6 Å². The van der Waals surface area contributed by atoms with E-state index >= 15 is 0 Å². The lowest BCUT2D eigenvalue weighted by molar-refractivity contribution is 0.223. The Hall–Kier alpha value is -1.42. The van der Waals surface area contributed by atoms with Crippen LogP contribution in [0.3, 0.4) is 0 Å².